The summed E-state index contributed by atoms with van der Waals surface area (Å²) in [5.74, 6) is -1.23. The van der Waals surface area contributed by atoms with Crippen LogP contribution >= 0.6 is 0 Å². The van der Waals surface area contributed by atoms with E-state index in [1.807, 2.05) is 0 Å². The molecule has 0 aliphatic heterocycles. The minimum Gasteiger partial charge on any atom is -0.545 e. The first-order valence-electron chi connectivity index (χ1n) is 2.80. The van der Waals surface area contributed by atoms with Crippen molar-refractivity contribution in [1.82, 2.24) is 0 Å². The molecule has 2 nitrogen and oxygen atoms in total. The molecule has 0 aromatic rings. The van der Waals surface area contributed by atoms with Crippen LogP contribution < -0.4 is 5.11 Å². The Labute approximate surface area is 75.1 Å². The first-order valence-corrected chi connectivity index (χ1v) is 2.80. The van der Waals surface area contributed by atoms with Crippen LogP contribution in [-0.2, 0) is 24.3 Å². The van der Waals surface area contributed by atoms with E-state index < -0.39 is 5.97 Å². The molecule has 54 valence electrons. The molecule has 0 saturated carbocycles. The summed E-state index contributed by atoms with van der Waals surface area (Å²) in [4.78, 5) is 9.14. The molecule has 0 fully saturated rings. The van der Waals surface area contributed by atoms with Crippen LogP contribution in [0.2, 0.25) is 0 Å². The number of carboxylic acid groups (broad SMARTS) is 1. The topological polar surface area (TPSA) is 40.1 Å². The second-order valence-electron chi connectivity index (χ2n) is 1.34. The van der Waals surface area contributed by atoms with Gasteiger partial charge in [0.15, 0.2) is 0 Å². The van der Waals surface area contributed by atoms with Gasteiger partial charge in [0, 0.05) is 0 Å². The SMILES string of the molecule is C=CC(=O)[O-].C[CH-]CC.[Zn+2]. The molecule has 0 amide bonds. The predicted molar refractivity (Wildman–Crippen MR) is 35.5 cm³/mol. The Bertz CT molecular complexity index is 79.7. The maximum atomic E-state index is 9.14. The normalized spacial score (nSPS) is 6.20. The van der Waals surface area contributed by atoms with Gasteiger partial charge >= 0.3 is 19.5 Å². The third-order valence-electron chi connectivity index (χ3n) is 0.575. The van der Waals surface area contributed by atoms with E-state index in [-0.39, 0.29) is 19.5 Å². The van der Waals surface area contributed by atoms with Gasteiger partial charge in [-0.25, -0.2) is 0 Å². The van der Waals surface area contributed by atoms with Gasteiger partial charge in [0.2, 0.25) is 0 Å². The maximum Gasteiger partial charge on any atom is 2.00 e. The van der Waals surface area contributed by atoms with E-state index in [2.05, 4.69) is 26.8 Å². The summed E-state index contributed by atoms with van der Waals surface area (Å²) in [6.45, 7) is 7.08. The minimum absolute atomic E-state index is 0. The Hall–Kier alpha value is -0.167. The van der Waals surface area contributed by atoms with Crippen LogP contribution in [0.5, 0.6) is 0 Å². The van der Waals surface area contributed by atoms with Gasteiger partial charge in [0.25, 0.3) is 0 Å². The molecular weight excluding hydrogens is 181 g/mol. The van der Waals surface area contributed by atoms with E-state index in [0.29, 0.717) is 0 Å². The molecular formula is C7H12O2Zn. The Morgan fingerprint density at radius 3 is 2.00 bits per heavy atom. The van der Waals surface area contributed by atoms with Crippen molar-refractivity contribution in [1.29, 1.82) is 0 Å². The van der Waals surface area contributed by atoms with E-state index in [4.69, 9.17) is 9.90 Å². The number of carbonyl (C=O) groups excluding carboxylic acids is 1. The van der Waals surface area contributed by atoms with E-state index in [1.165, 1.54) is 6.42 Å². The van der Waals surface area contributed by atoms with Crippen molar-refractivity contribution in [3.63, 3.8) is 0 Å². The Kier molecular flexibility index (Phi) is 26.2. The second-order valence-corrected chi connectivity index (χ2v) is 1.34. The number of rotatable bonds is 2. The number of aliphatic carboxylic acids is 1. The average Bonchev–Trinajstić information content (AvgIpc) is 1.89. The van der Waals surface area contributed by atoms with E-state index in [0.717, 1.165) is 6.08 Å². The fraction of sp³-hybridized carbons (Fsp3) is 0.429. The van der Waals surface area contributed by atoms with Gasteiger partial charge in [-0.1, -0.05) is 13.5 Å². The van der Waals surface area contributed by atoms with Crippen molar-refractivity contribution in [3.05, 3.63) is 19.1 Å². The quantitative estimate of drug-likeness (QED) is 0.365. The first kappa shape index (κ1) is 16.4. The molecule has 3 heteroatoms. The molecule has 0 heterocycles. The molecule has 0 spiro atoms. The van der Waals surface area contributed by atoms with Crippen molar-refractivity contribution in [2.24, 2.45) is 0 Å². The third kappa shape index (κ3) is 45.6. The van der Waals surface area contributed by atoms with Crippen LogP contribution in [0.25, 0.3) is 0 Å². The number of hydrogen-bond donors (Lipinski definition) is 0. The Morgan fingerprint density at radius 1 is 1.80 bits per heavy atom. The third-order valence-corrected chi connectivity index (χ3v) is 0.575. The van der Waals surface area contributed by atoms with Crippen LogP contribution in [-0.4, -0.2) is 5.97 Å². The van der Waals surface area contributed by atoms with Gasteiger partial charge in [-0.05, 0) is 6.08 Å². The zero-order valence-electron chi connectivity index (χ0n) is 6.59. The zero-order valence-corrected chi connectivity index (χ0v) is 9.56. The average molecular weight is 194 g/mol. The maximum absolute atomic E-state index is 9.14. The number of carbonyl (C=O) groups is 1. The largest absolute Gasteiger partial charge is 2.00 e. The van der Waals surface area contributed by atoms with Crippen LogP contribution in [0, 0.1) is 6.42 Å². The molecule has 0 unspecified atom stereocenters. The van der Waals surface area contributed by atoms with Crippen molar-refractivity contribution in [3.8, 4) is 0 Å². The molecule has 0 rings (SSSR count). The molecule has 0 radical (unpaired) electrons. The van der Waals surface area contributed by atoms with Gasteiger partial charge in [-0.3, -0.25) is 0 Å². The van der Waals surface area contributed by atoms with Crippen molar-refractivity contribution >= 4 is 5.97 Å². The monoisotopic (exact) mass is 192 g/mol. The summed E-state index contributed by atoms with van der Waals surface area (Å²) in [6.07, 6.45) is 4.04. The fourth-order valence-electron chi connectivity index (χ4n) is 0. The van der Waals surface area contributed by atoms with Gasteiger partial charge in [-0.15, -0.1) is 0 Å². The minimum atomic E-state index is -1.23. The van der Waals surface area contributed by atoms with Gasteiger partial charge in [0.1, 0.15) is 0 Å². The molecule has 0 aliphatic carbocycles. The summed E-state index contributed by atoms with van der Waals surface area (Å²) in [5, 5.41) is 9.14. The van der Waals surface area contributed by atoms with Crippen LogP contribution in [0.3, 0.4) is 0 Å². The summed E-state index contributed by atoms with van der Waals surface area (Å²) < 4.78 is 0. The van der Waals surface area contributed by atoms with E-state index in [9.17, 15) is 0 Å². The smallest absolute Gasteiger partial charge is 0.545 e. The first-order chi connectivity index (χ1) is 4.18. The van der Waals surface area contributed by atoms with Crippen LogP contribution in [0.4, 0.5) is 0 Å². The number of unbranched alkanes of at least 4 members (excludes halogenated alkanes) is 1. The molecule has 0 aromatic heterocycles. The van der Waals surface area contributed by atoms with Crippen molar-refractivity contribution < 1.29 is 29.4 Å². The molecule has 0 N–H and O–H groups in total. The Balaban J connectivity index is -0.0000000910. The van der Waals surface area contributed by atoms with E-state index in [1.54, 1.807) is 0 Å². The fourth-order valence-corrected chi connectivity index (χ4v) is 0. The van der Waals surface area contributed by atoms with Crippen molar-refractivity contribution in [2.75, 3.05) is 0 Å². The predicted octanol–water partition coefficient (Wildman–Crippen LogP) is 0.540. The molecule has 0 aromatic carbocycles. The van der Waals surface area contributed by atoms with Crippen LogP contribution in [0.1, 0.15) is 20.3 Å². The standard InChI is InChI=1S/C4H9.C3H4O2.Zn/c1-3-4-2;1-2-3(4)5;/h3H,4H2,1-2H3;2H,1H2,(H,4,5);/q-1;;+2/p-1. The molecule has 0 bridgehead atoms. The zero-order chi connectivity index (χ0) is 7.70. The molecule has 0 aliphatic rings. The molecule has 10 heavy (non-hydrogen) atoms. The van der Waals surface area contributed by atoms with Gasteiger partial charge in [0.05, 0.1) is 5.97 Å². The number of hydrogen-bond acceptors (Lipinski definition) is 2. The van der Waals surface area contributed by atoms with Gasteiger partial charge < -0.3 is 16.3 Å². The summed E-state index contributed by atoms with van der Waals surface area (Å²) >= 11 is 0. The summed E-state index contributed by atoms with van der Waals surface area (Å²) in [7, 11) is 0. The van der Waals surface area contributed by atoms with E-state index >= 15 is 0 Å². The number of carboxylic acids is 1. The van der Waals surface area contributed by atoms with Crippen LogP contribution in [0.15, 0.2) is 12.7 Å². The summed E-state index contributed by atoms with van der Waals surface area (Å²) in [6, 6.07) is 0. The summed E-state index contributed by atoms with van der Waals surface area (Å²) in [5.41, 5.74) is 0. The Morgan fingerprint density at radius 2 is 2.00 bits per heavy atom. The second kappa shape index (κ2) is 15.9. The van der Waals surface area contributed by atoms with Crippen molar-refractivity contribution in [2.45, 2.75) is 20.3 Å². The molecule has 0 atom stereocenters. The van der Waals surface area contributed by atoms with Gasteiger partial charge in [-0.2, -0.15) is 13.3 Å². The molecule has 0 saturated heterocycles.